The molecule has 47 heavy (non-hydrogen) atoms. The topological polar surface area (TPSA) is 43.4 Å². The van der Waals surface area contributed by atoms with Gasteiger partial charge in [-0.2, -0.15) is 0 Å². The molecule has 0 aliphatic rings. The largest absolute Gasteiger partial charge is 0.462 e. The molecule has 3 heteroatoms. The van der Waals surface area contributed by atoms with E-state index in [4.69, 9.17) is 4.74 Å². The van der Waals surface area contributed by atoms with E-state index in [2.05, 4.69) is 52.0 Å². The van der Waals surface area contributed by atoms with Gasteiger partial charge in [0.05, 0.1) is 0 Å². The second-order valence-electron chi connectivity index (χ2n) is 14.3. The predicted octanol–water partition coefficient (Wildman–Crippen LogP) is 14.8. The van der Waals surface area contributed by atoms with Gasteiger partial charge in [0.2, 0.25) is 0 Å². The number of ketones is 1. The van der Waals surface area contributed by atoms with Crippen LogP contribution in [0.3, 0.4) is 0 Å². The summed E-state index contributed by atoms with van der Waals surface area (Å²) in [5.41, 5.74) is 0. The molecule has 0 amide bonds. The average molecular weight is 659 g/mol. The van der Waals surface area contributed by atoms with E-state index in [0.29, 0.717) is 12.8 Å². The van der Waals surface area contributed by atoms with Gasteiger partial charge in [0.15, 0.2) is 0 Å². The minimum atomic E-state index is -0.557. The zero-order valence-electron chi connectivity index (χ0n) is 32.3. The lowest BCUT2D eigenvalue weighted by molar-refractivity contribution is -0.157. The van der Waals surface area contributed by atoms with E-state index < -0.39 is 5.92 Å². The molecule has 0 aliphatic carbocycles. The minimum Gasteiger partial charge on any atom is -0.462 e. The molecule has 3 nitrogen and oxygen atoms in total. The summed E-state index contributed by atoms with van der Waals surface area (Å²) in [6.45, 7) is 8.83. The van der Waals surface area contributed by atoms with Crippen molar-refractivity contribution in [3.05, 3.63) is 24.3 Å². The van der Waals surface area contributed by atoms with Crippen LogP contribution in [0, 0.1) is 5.92 Å². The number of carbonyl (C=O) groups excluding carboxylic acids is 2. The number of esters is 1. The number of unbranched alkanes of at least 4 members (excludes halogenated alkanes) is 23. The molecule has 0 saturated heterocycles. The van der Waals surface area contributed by atoms with E-state index in [9.17, 15) is 9.59 Å². The van der Waals surface area contributed by atoms with Gasteiger partial charge in [-0.1, -0.05) is 187 Å². The highest BCUT2D eigenvalue weighted by molar-refractivity contribution is 5.99. The summed E-state index contributed by atoms with van der Waals surface area (Å²) in [5, 5.41) is 0. The number of carbonyl (C=O) groups is 2. The second kappa shape index (κ2) is 37.4. The molecule has 0 rings (SSSR count). The first-order chi connectivity index (χ1) is 23.1. The molecular weight excluding hydrogens is 576 g/mol. The lowest BCUT2D eigenvalue weighted by Crippen LogP contribution is -2.30. The predicted molar refractivity (Wildman–Crippen MR) is 207 cm³/mol. The van der Waals surface area contributed by atoms with Crippen molar-refractivity contribution in [2.24, 2.45) is 5.92 Å². The molecule has 0 radical (unpaired) electrons. The van der Waals surface area contributed by atoms with Crippen LogP contribution < -0.4 is 0 Å². The van der Waals surface area contributed by atoms with Gasteiger partial charge in [-0.3, -0.25) is 9.59 Å². The number of ether oxygens (including phenoxy) is 1. The summed E-state index contributed by atoms with van der Waals surface area (Å²) in [4.78, 5) is 26.6. The van der Waals surface area contributed by atoms with Crippen molar-refractivity contribution < 1.29 is 14.3 Å². The van der Waals surface area contributed by atoms with Gasteiger partial charge in [0.25, 0.3) is 0 Å². The van der Waals surface area contributed by atoms with Crippen LogP contribution >= 0.6 is 0 Å². The Kier molecular flexibility index (Phi) is 36.3. The molecule has 0 aromatic rings. The molecule has 0 saturated carbocycles. The molecule has 276 valence electrons. The van der Waals surface area contributed by atoms with Crippen molar-refractivity contribution in [2.75, 3.05) is 0 Å². The monoisotopic (exact) mass is 659 g/mol. The Balaban J connectivity index is 4.33. The van der Waals surface area contributed by atoms with Crippen molar-refractivity contribution >= 4 is 11.8 Å². The maximum atomic E-state index is 13.3. The van der Waals surface area contributed by atoms with Crippen LogP contribution in [0.15, 0.2) is 24.3 Å². The smallest absolute Gasteiger partial charge is 0.316 e. The SMILES string of the molecule is CCCCC/C=C\C/C=C\CCCCCCCC(=O)C(CCCCCCCCCCCCCCCC)C(=O)OC(CC)CCCCC. The zero-order chi connectivity index (χ0) is 34.5. The van der Waals surface area contributed by atoms with Crippen molar-refractivity contribution in [3.63, 3.8) is 0 Å². The molecule has 0 N–H and O–H groups in total. The van der Waals surface area contributed by atoms with E-state index in [1.165, 1.54) is 128 Å². The summed E-state index contributed by atoms with van der Waals surface area (Å²) in [6, 6.07) is 0. The van der Waals surface area contributed by atoms with Crippen LogP contribution in [0.2, 0.25) is 0 Å². The molecular formula is C44H82O3. The normalized spacial score (nSPS) is 13.1. The Morgan fingerprint density at radius 1 is 0.468 bits per heavy atom. The first-order valence-corrected chi connectivity index (χ1v) is 21.1. The van der Waals surface area contributed by atoms with Gasteiger partial charge in [0.1, 0.15) is 17.8 Å². The third-order valence-corrected chi connectivity index (χ3v) is 9.76. The Labute approximate surface area is 294 Å². The molecule has 2 atom stereocenters. The van der Waals surface area contributed by atoms with Crippen molar-refractivity contribution in [1.29, 1.82) is 0 Å². The Hall–Kier alpha value is -1.38. The second-order valence-corrected chi connectivity index (χ2v) is 14.3. The van der Waals surface area contributed by atoms with Crippen molar-refractivity contribution in [2.45, 2.75) is 239 Å². The summed E-state index contributed by atoms with van der Waals surface area (Å²) >= 11 is 0. The third-order valence-electron chi connectivity index (χ3n) is 9.76. The van der Waals surface area contributed by atoms with Crippen molar-refractivity contribution in [1.82, 2.24) is 0 Å². The maximum absolute atomic E-state index is 13.3. The number of hydrogen-bond donors (Lipinski definition) is 0. The molecule has 0 spiro atoms. The van der Waals surface area contributed by atoms with E-state index in [1.54, 1.807) is 0 Å². The number of allylic oxidation sites excluding steroid dienone is 4. The third kappa shape index (κ3) is 31.6. The quantitative estimate of drug-likeness (QED) is 0.0289. The average Bonchev–Trinajstić information content (AvgIpc) is 3.07. The van der Waals surface area contributed by atoms with Crippen LogP contribution in [0.5, 0.6) is 0 Å². The first kappa shape index (κ1) is 45.6. The lowest BCUT2D eigenvalue weighted by atomic mass is 9.92. The van der Waals surface area contributed by atoms with Gasteiger partial charge >= 0.3 is 5.97 Å². The number of hydrogen-bond acceptors (Lipinski definition) is 3. The highest BCUT2D eigenvalue weighted by Gasteiger charge is 2.28. The van der Waals surface area contributed by atoms with E-state index in [0.717, 1.165) is 64.2 Å². The zero-order valence-corrected chi connectivity index (χ0v) is 32.3. The number of rotatable bonds is 37. The highest BCUT2D eigenvalue weighted by atomic mass is 16.5. The fraction of sp³-hybridized carbons (Fsp3) is 0.864. The van der Waals surface area contributed by atoms with Crippen LogP contribution in [-0.2, 0) is 14.3 Å². The minimum absolute atomic E-state index is 0.0449. The Morgan fingerprint density at radius 2 is 0.872 bits per heavy atom. The van der Waals surface area contributed by atoms with E-state index in [-0.39, 0.29) is 17.9 Å². The van der Waals surface area contributed by atoms with E-state index in [1.807, 2.05) is 0 Å². The van der Waals surface area contributed by atoms with Gasteiger partial charge in [-0.15, -0.1) is 0 Å². The summed E-state index contributed by atoms with van der Waals surface area (Å²) < 4.78 is 5.96. The van der Waals surface area contributed by atoms with E-state index >= 15 is 0 Å². The van der Waals surface area contributed by atoms with Crippen LogP contribution in [0.1, 0.15) is 233 Å². The Morgan fingerprint density at radius 3 is 1.40 bits per heavy atom. The fourth-order valence-corrected chi connectivity index (χ4v) is 6.45. The molecule has 0 heterocycles. The van der Waals surface area contributed by atoms with Gasteiger partial charge in [0, 0.05) is 6.42 Å². The van der Waals surface area contributed by atoms with Crippen LogP contribution in [0.25, 0.3) is 0 Å². The van der Waals surface area contributed by atoms with Gasteiger partial charge in [-0.05, 0) is 64.2 Å². The molecule has 0 aromatic heterocycles. The molecule has 0 fully saturated rings. The summed E-state index contributed by atoms with van der Waals surface area (Å²) in [5.74, 6) is -0.673. The lowest BCUT2D eigenvalue weighted by Gasteiger charge is -2.21. The number of Topliss-reactive ketones (excluding diaryl/α,β-unsaturated/α-hetero) is 1. The molecule has 0 aliphatic heterocycles. The fourth-order valence-electron chi connectivity index (χ4n) is 6.45. The maximum Gasteiger partial charge on any atom is 0.316 e. The van der Waals surface area contributed by atoms with Crippen LogP contribution in [-0.4, -0.2) is 17.9 Å². The molecule has 0 aromatic carbocycles. The van der Waals surface area contributed by atoms with Gasteiger partial charge in [-0.25, -0.2) is 0 Å². The summed E-state index contributed by atoms with van der Waals surface area (Å²) in [7, 11) is 0. The standard InChI is InChI=1S/C44H82O3/c1-5-9-12-14-16-18-20-22-24-26-28-30-32-34-37-40-43(45)42(44(46)47-41(8-4)38-35-11-7-3)39-36-33-31-29-27-25-23-21-19-17-15-13-10-6-2/h16,18,22,24,41-42H,5-15,17,19-21,23,25-40H2,1-4H3/b18-16-,24-22-. The molecule has 0 bridgehead atoms. The van der Waals surface area contributed by atoms with Gasteiger partial charge < -0.3 is 4.74 Å². The van der Waals surface area contributed by atoms with Crippen molar-refractivity contribution in [3.8, 4) is 0 Å². The first-order valence-electron chi connectivity index (χ1n) is 21.1. The van der Waals surface area contributed by atoms with Crippen LogP contribution in [0.4, 0.5) is 0 Å². The Bertz CT molecular complexity index is 724. The molecule has 2 unspecified atom stereocenters. The summed E-state index contributed by atoms with van der Waals surface area (Å²) in [6.07, 6.45) is 46.8. The highest BCUT2D eigenvalue weighted by Crippen LogP contribution is 2.21.